The first kappa shape index (κ1) is 29.2. The Morgan fingerprint density at radius 3 is 2.71 bits per heavy atom. The fraction of sp³-hybridized carbons (Fsp3) is 0.467. The lowest BCUT2D eigenvalue weighted by Crippen LogP contribution is -2.45. The lowest BCUT2D eigenvalue weighted by molar-refractivity contribution is -0.146. The Bertz CT molecular complexity index is 1530. The molecule has 12 heteroatoms. The first-order valence-corrected chi connectivity index (χ1v) is 18.2. The molecule has 9 nitrogen and oxygen atoms in total. The SMILES string of the molecule is C[C@@H]1[C@@H]([Si](C)(C)F)[C@H](CCn2cc(CCO)nn2)O[C@@]12C(=O)N(Cc1cccc(N3CCC3=O)c1)c1ccc(Br)cc12. The van der Waals surface area contributed by atoms with Crippen molar-refractivity contribution >= 4 is 47.5 Å². The van der Waals surface area contributed by atoms with Gasteiger partial charge in [0, 0.05) is 65.9 Å². The number of anilines is 2. The molecule has 1 N–H and O–H groups in total. The number of rotatable bonds is 9. The van der Waals surface area contributed by atoms with Gasteiger partial charge in [-0.3, -0.25) is 14.3 Å². The van der Waals surface area contributed by atoms with Crippen LogP contribution in [0.15, 0.2) is 53.1 Å². The van der Waals surface area contributed by atoms with Crippen LogP contribution >= 0.6 is 15.9 Å². The molecule has 0 unspecified atom stereocenters. The molecule has 3 aliphatic heterocycles. The molecule has 2 fully saturated rings. The first-order chi connectivity index (χ1) is 20.0. The third-order valence-corrected chi connectivity index (χ3v) is 11.9. The molecule has 0 aliphatic carbocycles. The number of amides is 2. The van der Waals surface area contributed by atoms with Crippen molar-refractivity contribution in [2.45, 2.75) is 69.6 Å². The van der Waals surface area contributed by atoms with E-state index in [2.05, 4.69) is 26.2 Å². The van der Waals surface area contributed by atoms with E-state index in [1.165, 1.54) is 0 Å². The van der Waals surface area contributed by atoms with E-state index in [0.717, 1.165) is 27.0 Å². The van der Waals surface area contributed by atoms with Crippen LogP contribution in [0, 0.1) is 5.92 Å². The highest BCUT2D eigenvalue weighted by Crippen LogP contribution is 2.60. The Kier molecular flexibility index (Phi) is 7.61. The number of nitrogens with zero attached hydrogens (tertiary/aromatic N) is 5. The van der Waals surface area contributed by atoms with E-state index in [9.17, 15) is 14.7 Å². The number of aliphatic hydroxyl groups is 1. The molecule has 4 atom stereocenters. The van der Waals surface area contributed by atoms with Crippen molar-refractivity contribution in [2.75, 3.05) is 23.0 Å². The van der Waals surface area contributed by atoms with Gasteiger partial charge in [0.15, 0.2) is 5.60 Å². The van der Waals surface area contributed by atoms with E-state index in [0.29, 0.717) is 44.6 Å². The standard InChI is InChI=1S/C30H35BrFN5O4Si/c1-19-28(42(2,3)32)26(9-12-35-18-22(11-14-38)33-34-35)41-30(19)24-16-21(31)7-8-25(24)37(29(30)40)17-20-5-4-6-23(15-20)36-13-10-27(36)39/h4-8,15-16,18-19,26,28,38H,9-14,17H2,1-3H3/t19-,26+,28-,30+/m1/s1. The van der Waals surface area contributed by atoms with Crippen LogP contribution in [0.4, 0.5) is 15.5 Å². The summed E-state index contributed by atoms with van der Waals surface area (Å²) in [6.45, 7) is 6.79. The van der Waals surface area contributed by atoms with Gasteiger partial charge >= 0.3 is 0 Å². The summed E-state index contributed by atoms with van der Waals surface area (Å²) in [7, 11) is -3.30. The first-order valence-electron chi connectivity index (χ1n) is 14.4. The molecular weight excluding hydrogens is 621 g/mol. The van der Waals surface area contributed by atoms with Gasteiger partial charge in [-0.25, -0.2) is 0 Å². The maximum atomic E-state index is 16.1. The summed E-state index contributed by atoms with van der Waals surface area (Å²) >= 11 is 3.59. The molecule has 222 valence electrons. The molecule has 2 aromatic carbocycles. The van der Waals surface area contributed by atoms with E-state index < -0.39 is 31.6 Å². The number of fused-ring (bicyclic) bond motifs is 2. The van der Waals surface area contributed by atoms with Crippen LogP contribution < -0.4 is 9.80 Å². The topological polar surface area (TPSA) is 101 Å². The maximum Gasteiger partial charge on any atom is 0.264 e. The molecule has 3 aromatic rings. The van der Waals surface area contributed by atoms with Crippen LogP contribution in [-0.2, 0) is 39.4 Å². The van der Waals surface area contributed by atoms with Crippen LogP contribution in [-0.4, -0.2) is 59.6 Å². The zero-order valence-corrected chi connectivity index (χ0v) is 26.6. The number of carbonyl (C=O) groups is 2. The predicted molar refractivity (Wildman–Crippen MR) is 162 cm³/mol. The summed E-state index contributed by atoms with van der Waals surface area (Å²) in [4.78, 5) is 30.1. The van der Waals surface area contributed by atoms with Crippen LogP contribution in [0.3, 0.4) is 0 Å². The Morgan fingerprint density at radius 2 is 2.02 bits per heavy atom. The van der Waals surface area contributed by atoms with Gasteiger partial charge in [-0.15, -0.1) is 5.10 Å². The molecule has 42 heavy (non-hydrogen) atoms. The average molecular weight is 657 g/mol. The minimum Gasteiger partial charge on any atom is -0.396 e. The third kappa shape index (κ3) is 4.91. The Labute approximate surface area is 254 Å². The lowest BCUT2D eigenvalue weighted by atomic mass is 9.82. The summed E-state index contributed by atoms with van der Waals surface area (Å²) in [5.74, 6) is -0.493. The number of hydrogen-bond donors (Lipinski definition) is 1. The van der Waals surface area contributed by atoms with Crippen molar-refractivity contribution in [1.29, 1.82) is 0 Å². The molecule has 2 amide bonds. The van der Waals surface area contributed by atoms with Gasteiger partial charge in [0.05, 0.1) is 24.0 Å². The summed E-state index contributed by atoms with van der Waals surface area (Å²) in [6.07, 6.45) is 2.73. The molecule has 2 saturated heterocycles. The van der Waals surface area contributed by atoms with Crippen LogP contribution in [0.25, 0.3) is 0 Å². The number of ether oxygens (including phenoxy) is 1. The van der Waals surface area contributed by atoms with E-state index >= 15 is 4.11 Å². The largest absolute Gasteiger partial charge is 0.396 e. The quantitative estimate of drug-likeness (QED) is 0.203. The average Bonchev–Trinajstić information content (AvgIpc) is 3.57. The number of aryl methyl sites for hydroxylation is 1. The molecular formula is C30H35BrFN5O4Si. The zero-order chi connectivity index (χ0) is 29.8. The van der Waals surface area contributed by atoms with E-state index in [-0.39, 0.29) is 18.4 Å². The number of halogens is 2. The second-order valence-corrected chi connectivity index (χ2v) is 16.7. The van der Waals surface area contributed by atoms with Crippen molar-refractivity contribution in [1.82, 2.24) is 15.0 Å². The van der Waals surface area contributed by atoms with E-state index in [1.807, 2.05) is 49.4 Å². The summed E-state index contributed by atoms with van der Waals surface area (Å²) < 4.78 is 25.4. The molecule has 0 bridgehead atoms. The molecule has 3 aliphatic rings. The smallest absolute Gasteiger partial charge is 0.264 e. The monoisotopic (exact) mass is 655 g/mol. The van der Waals surface area contributed by atoms with Gasteiger partial charge in [0.1, 0.15) is 0 Å². The number of aliphatic hydroxyl groups excluding tert-OH is 1. The normalized spacial score (nSPS) is 25.4. The van der Waals surface area contributed by atoms with Gasteiger partial charge in [0.25, 0.3) is 5.91 Å². The summed E-state index contributed by atoms with van der Waals surface area (Å²) in [5, 5.41) is 17.5. The number of β-lactam (4-membered cyclic amide) rings is 1. The van der Waals surface area contributed by atoms with Crippen LogP contribution in [0.1, 0.15) is 36.6 Å². The second kappa shape index (κ2) is 11.0. The lowest BCUT2D eigenvalue weighted by Gasteiger charge is -2.32. The van der Waals surface area contributed by atoms with Gasteiger partial charge in [-0.1, -0.05) is 40.2 Å². The number of benzene rings is 2. The minimum atomic E-state index is -3.30. The van der Waals surface area contributed by atoms with E-state index in [4.69, 9.17) is 4.74 Å². The maximum absolute atomic E-state index is 16.1. The van der Waals surface area contributed by atoms with Gasteiger partial charge in [0.2, 0.25) is 14.3 Å². The Hall–Kier alpha value is -2.93. The van der Waals surface area contributed by atoms with Gasteiger partial charge in [-0.2, -0.15) is 0 Å². The number of hydrogen-bond acceptors (Lipinski definition) is 6. The van der Waals surface area contributed by atoms with Crippen LogP contribution in [0.2, 0.25) is 18.6 Å². The molecule has 0 saturated carbocycles. The highest BCUT2D eigenvalue weighted by Gasteiger charge is 2.66. The van der Waals surface area contributed by atoms with Gasteiger partial charge in [-0.05, 0) is 55.4 Å². The van der Waals surface area contributed by atoms with Crippen molar-refractivity contribution in [2.24, 2.45) is 5.92 Å². The van der Waals surface area contributed by atoms with Crippen molar-refractivity contribution in [3.8, 4) is 0 Å². The Balaban J connectivity index is 1.33. The molecule has 1 spiro atoms. The minimum absolute atomic E-state index is 0.0115. The highest BCUT2D eigenvalue weighted by atomic mass is 79.9. The van der Waals surface area contributed by atoms with Crippen molar-refractivity contribution in [3.05, 3.63) is 70.0 Å². The van der Waals surface area contributed by atoms with Crippen molar-refractivity contribution in [3.63, 3.8) is 0 Å². The second-order valence-electron chi connectivity index (χ2n) is 12.0. The molecule has 4 heterocycles. The fourth-order valence-electron chi connectivity index (χ4n) is 6.98. The number of aromatic nitrogens is 3. The third-order valence-electron chi connectivity index (χ3n) is 8.93. The van der Waals surface area contributed by atoms with Crippen LogP contribution in [0.5, 0.6) is 0 Å². The highest BCUT2D eigenvalue weighted by molar-refractivity contribution is 9.10. The summed E-state index contributed by atoms with van der Waals surface area (Å²) in [6, 6.07) is 13.5. The summed E-state index contributed by atoms with van der Waals surface area (Å²) in [5.41, 5.74) is 2.18. The van der Waals surface area contributed by atoms with Gasteiger partial charge < -0.3 is 23.8 Å². The molecule has 6 rings (SSSR count). The van der Waals surface area contributed by atoms with E-state index in [1.54, 1.807) is 33.8 Å². The fourth-order valence-corrected chi connectivity index (χ4v) is 9.88. The number of carbonyl (C=O) groups excluding carboxylic acids is 2. The zero-order valence-electron chi connectivity index (χ0n) is 24.0. The molecule has 0 radical (unpaired) electrons. The molecule has 1 aromatic heterocycles. The Morgan fingerprint density at radius 1 is 1.21 bits per heavy atom. The van der Waals surface area contributed by atoms with Crippen molar-refractivity contribution < 1.29 is 23.5 Å². The predicted octanol–water partition coefficient (Wildman–Crippen LogP) is 4.72.